The minimum atomic E-state index is -0.758. The molecular weight excluding hydrogens is 226 g/mol. The number of aliphatic hydroxyl groups excluding tert-OH is 1. The van der Waals surface area contributed by atoms with Gasteiger partial charge in [0.15, 0.2) is 0 Å². The van der Waals surface area contributed by atoms with Crippen molar-refractivity contribution in [2.45, 2.75) is 6.10 Å². The van der Waals surface area contributed by atoms with Crippen LogP contribution in [-0.2, 0) is 9.53 Å². The molecule has 1 saturated heterocycles. The van der Waals surface area contributed by atoms with Crippen molar-refractivity contribution in [3.8, 4) is 0 Å². The molecule has 0 saturated carbocycles. The number of nitrogens with zero attached hydrogens (tertiary/aromatic N) is 2. The maximum absolute atomic E-state index is 11.5. The highest BCUT2D eigenvalue weighted by Crippen LogP contribution is 2.08. The average molecular weight is 245 g/mol. The van der Waals surface area contributed by atoms with E-state index in [0.717, 1.165) is 4.90 Å². The first-order valence-electron chi connectivity index (χ1n) is 5.49. The van der Waals surface area contributed by atoms with E-state index < -0.39 is 6.10 Å². The monoisotopic (exact) mass is 245 g/mol. The summed E-state index contributed by atoms with van der Waals surface area (Å²) in [5, 5.41) is 12.6. The molecule has 1 atom stereocenters. The van der Waals surface area contributed by atoms with Gasteiger partial charge in [0.2, 0.25) is 5.91 Å². The Hall–Kier alpha value is -1.18. The zero-order valence-electron chi connectivity index (χ0n) is 10.2. The summed E-state index contributed by atoms with van der Waals surface area (Å²) in [7, 11) is 3.15. The highest BCUT2D eigenvalue weighted by Gasteiger charge is 2.34. The quantitative estimate of drug-likeness (QED) is 0.420. The van der Waals surface area contributed by atoms with Gasteiger partial charge in [-0.05, 0) is 0 Å². The van der Waals surface area contributed by atoms with Gasteiger partial charge in [0.25, 0.3) is 0 Å². The third-order valence-corrected chi connectivity index (χ3v) is 2.49. The first-order valence-corrected chi connectivity index (χ1v) is 5.49. The second-order valence-electron chi connectivity index (χ2n) is 3.99. The minimum absolute atomic E-state index is 0.0298. The molecule has 0 aromatic rings. The van der Waals surface area contributed by atoms with Gasteiger partial charge in [-0.15, -0.1) is 0 Å². The fourth-order valence-electron chi connectivity index (χ4n) is 1.57. The number of carbonyl (C=O) groups is 2. The number of methoxy groups -OCH3 is 1. The molecule has 7 nitrogen and oxygen atoms in total. The molecule has 98 valence electrons. The van der Waals surface area contributed by atoms with Crippen LogP contribution in [0.2, 0.25) is 0 Å². The maximum atomic E-state index is 11.5. The highest BCUT2D eigenvalue weighted by molar-refractivity contribution is 6.01. The Morgan fingerprint density at radius 3 is 2.76 bits per heavy atom. The Bertz CT molecular complexity index is 285. The van der Waals surface area contributed by atoms with E-state index in [2.05, 4.69) is 5.32 Å². The molecule has 0 aliphatic carbocycles. The molecule has 17 heavy (non-hydrogen) atoms. The largest absolute Gasteiger partial charge is 0.390 e. The van der Waals surface area contributed by atoms with Crippen molar-refractivity contribution in [2.75, 3.05) is 46.9 Å². The molecule has 2 N–H and O–H groups in total. The molecule has 1 heterocycles. The van der Waals surface area contributed by atoms with Gasteiger partial charge in [-0.3, -0.25) is 9.69 Å². The number of ether oxygens (including phenoxy) is 1. The zero-order chi connectivity index (χ0) is 12.8. The number of aliphatic hydroxyl groups is 1. The molecule has 0 spiro atoms. The summed E-state index contributed by atoms with van der Waals surface area (Å²) in [6.45, 7) is 1.61. The number of carbonyl (C=O) groups excluding carboxylic acids is 2. The van der Waals surface area contributed by atoms with Crippen molar-refractivity contribution in [2.24, 2.45) is 0 Å². The predicted octanol–water partition coefficient (Wildman–Crippen LogP) is -1.52. The van der Waals surface area contributed by atoms with Crippen LogP contribution < -0.4 is 5.32 Å². The zero-order valence-corrected chi connectivity index (χ0v) is 10.2. The van der Waals surface area contributed by atoms with Gasteiger partial charge < -0.3 is 20.1 Å². The first-order chi connectivity index (χ1) is 8.06. The van der Waals surface area contributed by atoms with E-state index in [1.165, 1.54) is 4.90 Å². The molecule has 1 aliphatic rings. The van der Waals surface area contributed by atoms with Crippen LogP contribution in [0.4, 0.5) is 4.79 Å². The Balaban J connectivity index is 2.28. The third kappa shape index (κ3) is 3.95. The van der Waals surface area contributed by atoms with Crippen molar-refractivity contribution >= 4 is 11.9 Å². The highest BCUT2D eigenvalue weighted by atomic mass is 16.5. The van der Waals surface area contributed by atoms with Gasteiger partial charge in [-0.1, -0.05) is 0 Å². The van der Waals surface area contributed by atoms with Gasteiger partial charge >= 0.3 is 6.03 Å². The normalized spacial score (nSPS) is 18.1. The summed E-state index contributed by atoms with van der Waals surface area (Å²) in [4.78, 5) is 25.3. The Morgan fingerprint density at radius 2 is 2.24 bits per heavy atom. The summed E-state index contributed by atoms with van der Waals surface area (Å²) in [6.07, 6.45) is -0.758. The minimum Gasteiger partial charge on any atom is -0.390 e. The number of β-amino-alcohol motifs (C(OH)–C–C–N with tert-alkyl or cyclic N) is 1. The smallest absolute Gasteiger partial charge is 0.327 e. The Kier molecular flexibility index (Phi) is 5.33. The van der Waals surface area contributed by atoms with Crippen LogP contribution in [0.3, 0.4) is 0 Å². The number of hydrogen-bond acceptors (Lipinski definition) is 5. The number of nitrogens with one attached hydrogen (secondary N) is 1. The molecule has 1 unspecified atom stereocenters. The molecule has 7 heteroatoms. The van der Waals surface area contributed by atoms with Crippen LogP contribution in [0.1, 0.15) is 0 Å². The summed E-state index contributed by atoms with van der Waals surface area (Å²) < 4.78 is 4.84. The number of amides is 3. The Morgan fingerprint density at radius 1 is 1.53 bits per heavy atom. The standard InChI is InChI=1S/C10H19N3O4/c1-12-7-9(15)13(10(12)16)6-8(14)5-11-3-4-17-2/h8,11,14H,3-7H2,1-2H3. The van der Waals surface area contributed by atoms with Crippen molar-refractivity contribution in [3.63, 3.8) is 0 Å². The van der Waals surface area contributed by atoms with Crippen molar-refractivity contribution < 1.29 is 19.4 Å². The topological polar surface area (TPSA) is 82.1 Å². The molecule has 1 fully saturated rings. The fourth-order valence-corrected chi connectivity index (χ4v) is 1.57. The lowest BCUT2D eigenvalue weighted by Crippen LogP contribution is -2.42. The van der Waals surface area contributed by atoms with Crippen LogP contribution in [0, 0.1) is 0 Å². The predicted molar refractivity (Wildman–Crippen MR) is 60.5 cm³/mol. The van der Waals surface area contributed by atoms with Crippen molar-refractivity contribution in [3.05, 3.63) is 0 Å². The van der Waals surface area contributed by atoms with Crippen molar-refractivity contribution in [1.82, 2.24) is 15.1 Å². The second-order valence-corrected chi connectivity index (χ2v) is 3.99. The van der Waals surface area contributed by atoms with E-state index >= 15 is 0 Å². The van der Waals surface area contributed by atoms with Crippen LogP contribution in [0.25, 0.3) is 0 Å². The lowest BCUT2D eigenvalue weighted by Gasteiger charge is -2.18. The van der Waals surface area contributed by atoms with Crippen LogP contribution in [0.15, 0.2) is 0 Å². The second kappa shape index (κ2) is 6.53. The van der Waals surface area contributed by atoms with Gasteiger partial charge in [0.05, 0.1) is 19.3 Å². The molecule has 0 aromatic carbocycles. The number of rotatable bonds is 7. The van der Waals surface area contributed by atoms with E-state index in [4.69, 9.17) is 4.74 Å². The number of urea groups is 1. The van der Waals surface area contributed by atoms with Crippen LogP contribution >= 0.6 is 0 Å². The molecule has 1 aliphatic heterocycles. The van der Waals surface area contributed by atoms with Crippen LogP contribution in [0.5, 0.6) is 0 Å². The number of likely N-dealkylation sites (N-methyl/N-ethyl adjacent to an activating group) is 1. The van der Waals surface area contributed by atoms with Crippen LogP contribution in [-0.4, -0.2) is 79.9 Å². The van der Waals surface area contributed by atoms with Gasteiger partial charge in [-0.25, -0.2) is 4.79 Å². The SMILES string of the molecule is COCCNCC(O)CN1C(=O)CN(C)C1=O. The Labute approximate surface area is 100 Å². The summed E-state index contributed by atoms with van der Waals surface area (Å²) in [5.74, 6) is -0.270. The van der Waals surface area contributed by atoms with E-state index in [1.807, 2.05) is 0 Å². The number of hydrogen-bond donors (Lipinski definition) is 2. The number of imide groups is 1. The van der Waals surface area contributed by atoms with E-state index in [0.29, 0.717) is 19.7 Å². The average Bonchev–Trinajstić information content (AvgIpc) is 2.52. The maximum Gasteiger partial charge on any atom is 0.327 e. The van der Waals surface area contributed by atoms with E-state index in [-0.39, 0.29) is 25.0 Å². The molecular formula is C10H19N3O4. The van der Waals surface area contributed by atoms with Gasteiger partial charge in [0.1, 0.15) is 6.54 Å². The molecule has 0 radical (unpaired) electrons. The summed E-state index contributed by atoms with van der Waals surface area (Å²) >= 11 is 0. The lowest BCUT2D eigenvalue weighted by molar-refractivity contribution is -0.126. The van der Waals surface area contributed by atoms with Gasteiger partial charge in [0, 0.05) is 27.2 Å². The summed E-state index contributed by atoms with van der Waals surface area (Å²) in [6, 6.07) is -0.356. The molecule has 1 rings (SSSR count). The molecule has 3 amide bonds. The van der Waals surface area contributed by atoms with E-state index in [1.54, 1.807) is 14.2 Å². The summed E-state index contributed by atoms with van der Waals surface area (Å²) in [5.41, 5.74) is 0. The molecule has 0 aromatic heterocycles. The lowest BCUT2D eigenvalue weighted by atomic mass is 10.3. The van der Waals surface area contributed by atoms with E-state index in [9.17, 15) is 14.7 Å². The van der Waals surface area contributed by atoms with Gasteiger partial charge in [-0.2, -0.15) is 0 Å². The molecule has 0 bridgehead atoms. The first kappa shape index (κ1) is 13.9. The third-order valence-electron chi connectivity index (χ3n) is 2.49. The van der Waals surface area contributed by atoms with Crippen molar-refractivity contribution in [1.29, 1.82) is 0 Å². The fraction of sp³-hybridized carbons (Fsp3) is 0.800.